The first-order chi connectivity index (χ1) is 22.3. The molecule has 262 valence electrons. The van der Waals surface area contributed by atoms with Crippen molar-refractivity contribution in [3.63, 3.8) is 0 Å². The van der Waals surface area contributed by atoms with Crippen LogP contribution < -0.4 is 16.0 Å². The van der Waals surface area contributed by atoms with Crippen LogP contribution in [0.4, 0.5) is 30.4 Å². The van der Waals surface area contributed by atoms with Crippen LogP contribution in [-0.4, -0.2) is 97.9 Å². The highest BCUT2D eigenvalue weighted by atomic mass is 32.1. The molecule has 47 heavy (non-hydrogen) atoms. The predicted octanol–water partition coefficient (Wildman–Crippen LogP) is 6.41. The van der Waals surface area contributed by atoms with E-state index in [2.05, 4.69) is 68.5 Å². The molecule has 1 fully saturated rings. The topological polar surface area (TPSA) is 211 Å². The van der Waals surface area contributed by atoms with Crippen molar-refractivity contribution in [2.24, 2.45) is 0 Å². The Balaban J connectivity index is 0.000000258. The minimum Gasteiger partial charge on any atom is -0.361 e. The number of unbranched alkanes of at least 4 members (excludes halogenated alkanes) is 2. The number of nitrogens with one attached hydrogen (secondary N) is 3. The van der Waals surface area contributed by atoms with E-state index in [4.69, 9.17) is 0 Å². The minimum absolute atomic E-state index is 0.0763. The molecule has 4 heterocycles. The first-order valence-electron chi connectivity index (χ1n) is 15.3. The Morgan fingerprint density at radius 1 is 0.745 bits per heavy atom. The number of nitrogens with zero attached hydrogens (tertiary/aromatic N) is 8. The van der Waals surface area contributed by atoms with Crippen molar-refractivity contribution in [3.05, 3.63) is 48.9 Å². The summed E-state index contributed by atoms with van der Waals surface area (Å²) in [6.45, 7) is 15.5. The van der Waals surface area contributed by atoms with E-state index in [0.717, 1.165) is 99.1 Å². The van der Waals surface area contributed by atoms with Gasteiger partial charge in [-0.1, -0.05) is 26.7 Å². The molecule has 0 bridgehead atoms. The molecule has 3 aromatic rings. The van der Waals surface area contributed by atoms with Crippen LogP contribution >= 0.6 is 34.0 Å². The van der Waals surface area contributed by atoms with Crippen LogP contribution in [0, 0.1) is 30.3 Å². The molecule has 0 amide bonds. The van der Waals surface area contributed by atoms with Gasteiger partial charge in [0.1, 0.15) is 18.6 Å². The second-order valence-electron chi connectivity index (χ2n) is 11.2. The van der Waals surface area contributed by atoms with Crippen LogP contribution in [0.5, 0.6) is 0 Å². The maximum absolute atomic E-state index is 10.7. The van der Waals surface area contributed by atoms with Crippen LogP contribution in [-0.2, 0) is 0 Å². The Morgan fingerprint density at radius 3 is 1.66 bits per heavy atom. The lowest BCUT2D eigenvalue weighted by Crippen LogP contribution is -2.46. The molecule has 0 atom stereocenters. The number of piperazine rings is 1. The average Bonchev–Trinajstić information content (AvgIpc) is 3.80. The van der Waals surface area contributed by atoms with Gasteiger partial charge in [0.2, 0.25) is 0 Å². The van der Waals surface area contributed by atoms with Gasteiger partial charge in [-0.05, 0) is 74.2 Å². The largest absolute Gasteiger partial charge is 0.361 e. The van der Waals surface area contributed by atoms with E-state index in [9.17, 15) is 30.3 Å². The van der Waals surface area contributed by atoms with E-state index >= 15 is 0 Å². The standard InChI is InChI=1S/C13H23N5O2S.C8H13N3O2S.C6H9N3O2S/c1-13(2,4-5-17-8-6-16(3)7-9-17)15-12-14-10-11(21-12)18(19)20;1-2-3-4-5-9-8-10-6-7(14-8)11(12)13;1-2-3-7-6-8-4-5(12-6)9(10)11/h10H,4-9H2,1-3H3,(H,14,15);6H,2-5H2,1H3,(H,9,10);4H,2-3H2,1H3,(H,7,8). The van der Waals surface area contributed by atoms with Crippen molar-refractivity contribution in [1.29, 1.82) is 0 Å². The van der Waals surface area contributed by atoms with Gasteiger partial charge < -0.3 is 25.8 Å². The van der Waals surface area contributed by atoms with Crippen LogP contribution in [0.15, 0.2) is 18.6 Å². The molecule has 1 aliphatic rings. The smallest absolute Gasteiger partial charge is 0.345 e. The van der Waals surface area contributed by atoms with Crippen molar-refractivity contribution in [3.8, 4) is 0 Å². The number of rotatable bonds is 16. The SMILES string of the molecule is CCCCCNc1ncc([N+](=O)[O-])s1.CCCNc1ncc([N+](=O)[O-])s1.CN1CCN(CCC(C)(C)Nc2ncc([N+](=O)[O-])s2)CC1. The molecule has 17 nitrogen and oxygen atoms in total. The summed E-state index contributed by atoms with van der Waals surface area (Å²) in [6, 6.07) is 0. The normalized spacial score (nSPS) is 13.5. The van der Waals surface area contributed by atoms with E-state index in [0.29, 0.717) is 15.4 Å². The number of nitro groups is 3. The minimum atomic E-state index is -0.436. The third-order valence-electron chi connectivity index (χ3n) is 6.70. The van der Waals surface area contributed by atoms with Crippen LogP contribution in [0.1, 0.15) is 59.8 Å². The van der Waals surface area contributed by atoms with E-state index in [-0.39, 0.29) is 20.5 Å². The number of hydrogen-bond donors (Lipinski definition) is 3. The first-order valence-corrected chi connectivity index (χ1v) is 17.8. The van der Waals surface area contributed by atoms with Gasteiger partial charge in [-0.3, -0.25) is 30.3 Å². The van der Waals surface area contributed by atoms with Crippen LogP contribution in [0.25, 0.3) is 0 Å². The summed E-state index contributed by atoms with van der Waals surface area (Å²) in [5.41, 5.74) is -0.130. The van der Waals surface area contributed by atoms with E-state index in [1.807, 2.05) is 6.92 Å². The summed E-state index contributed by atoms with van der Waals surface area (Å²) in [5.74, 6) is 0. The van der Waals surface area contributed by atoms with Crippen LogP contribution in [0.3, 0.4) is 0 Å². The fraction of sp³-hybridized carbons (Fsp3) is 0.667. The van der Waals surface area contributed by atoms with Gasteiger partial charge in [0.25, 0.3) is 0 Å². The zero-order valence-corrected chi connectivity index (χ0v) is 29.9. The van der Waals surface area contributed by atoms with Gasteiger partial charge in [0, 0.05) is 51.4 Å². The molecule has 20 heteroatoms. The second-order valence-corrected chi connectivity index (χ2v) is 14.3. The number of thiazole rings is 3. The molecule has 0 aliphatic carbocycles. The molecule has 0 aromatic carbocycles. The highest BCUT2D eigenvalue weighted by Gasteiger charge is 2.23. The summed E-state index contributed by atoms with van der Waals surface area (Å²) in [7, 11) is 2.15. The van der Waals surface area contributed by atoms with Crippen molar-refractivity contribution in [1.82, 2.24) is 24.8 Å². The predicted molar refractivity (Wildman–Crippen MR) is 189 cm³/mol. The zero-order chi connectivity index (χ0) is 34.8. The lowest BCUT2D eigenvalue weighted by Gasteiger charge is -2.35. The Bertz CT molecular complexity index is 1380. The summed E-state index contributed by atoms with van der Waals surface area (Å²) in [4.78, 5) is 46.6. The molecule has 0 radical (unpaired) electrons. The Hall–Kier alpha value is -3.59. The molecule has 0 saturated carbocycles. The first kappa shape index (κ1) is 39.6. The number of likely N-dealkylation sites (N-methyl/N-ethyl adjacent to an activating group) is 1. The average molecular weight is 716 g/mol. The summed E-state index contributed by atoms with van der Waals surface area (Å²) in [5, 5.41) is 42.7. The van der Waals surface area contributed by atoms with Crippen molar-refractivity contribution >= 4 is 64.4 Å². The Labute approximate surface area is 286 Å². The monoisotopic (exact) mass is 715 g/mol. The summed E-state index contributed by atoms with van der Waals surface area (Å²) in [6.07, 6.45) is 9.22. The van der Waals surface area contributed by atoms with Gasteiger partial charge in [-0.15, -0.1) is 0 Å². The molecule has 4 rings (SSSR count). The Kier molecular flexibility index (Phi) is 17.4. The number of anilines is 3. The Morgan fingerprint density at radius 2 is 1.21 bits per heavy atom. The van der Waals surface area contributed by atoms with E-state index in [1.54, 1.807) is 0 Å². The van der Waals surface area contributed by atoms with E-state index < -0.39 is 14.8 Å². The van der Waals surface area contributed by atoms with E-state index in [1.165, 1.54) is 31.4 Å². The van der Waals surface area contributed by atoms with Crippen molar-refractivity contribution < 1.29 is 14.8 Å². The second kappa shape index (κ2) is 20.6. The maximum atomic E-state index is 10.7. The van der Waals surface area contributed by atoms with Crippen LogP contribution in [0.2, 0.25) is 0 Å². The molecule has 1 aliphatic heterocycles. The van der Waals surface area contributed by atoms with Crippen molar-refractivity contribution in [2.45, 2.75) is 65.3 Å². The van der Waals surface area contributed by atoms with Gasteiger partial charge >= 0.3 is 15.0 Å². The summed E-state index contributed by atoms with van der Waals surface area (Å²) < 4.78 is 0. The number of hydrogen-bond acceptors (Lipinski definition) is 17. The molecule has 3 aromatic heterocycles. The fourth-order valence-corrected chi connectivity index (χ4v) is 6.06. The molecular formula is C27H45N11O6S3. The van der Waals surface area contributed by atoms with Crippen molar-refractivity contribution in [2.75, 3.05) is 68.8 Å². The van der Waals surface area contributed by atoms with Gasteiger partial charge in [-0.25, -0.2) is 15.0 Å². The zero-order valence-electron chi connectivity index (χ0n) is 27.5. The fourth-order valence-electron chi connectivity index (χ4n) is 3.93. The lowest BCUT2D eigenvalue weighted by atomic mass is 10.0. The van der Waals surface area contributed by atoms with Gasteiger partial charge in [0.05, 0.1) is 14.8 Å². The molecule has 0 unspecified atom stereocenters. The third-order valence-corrected chi connectivity index (χ3v) is 9.38. The quantitative estimate of drug-likeness (QED) is 0.0832. The van der Waals surface area contributed by atoms with Gasteiger partial charge in [-0.2, -0.15) is 0 Å². The summed E-state index contributed by atoms with van der Waals surface area (Å²) >= 11 is 3.23. The highest BCUT2D eigenvalue weighted by Crippen LogP contribution is 2.29. The highest BCUT2D eigenvalue weighted by molar-refractivity contribution is 7.19. The lowest BCUT2D eigenvalue weighted by molar-refractivity contribution is -0.380. The molecule has 1 saturated heterocycles. The van der Waals surface area contributed by atoms with Gasteiger partial charge in [0.15, 0.2) is 15.4 Å². The molecular weight excluding hydrogens is 671 g/mol. The number of aromatic nitrogens is 3. The maximum Gasteiger partial charge on any atom is 0.345 e. The third kappa shape index (κ3) is 15.7. The molecule has 0 spiro atoms. The molecule has 3 N–H and O–H groups in total.